The second-order valence-electron chi connectivity index (χ2n) is 7.40. The largest absolute Gasteiger partial charge is 0.377 e. The van der Waals surface area contributed by atoms with Gasteiger partial charge in [-0.3, -0.25) is 9.48 Å². The molecule has 5 rings (SSSR count). The van der Waals surface area contributed by atoms with Crippen molar-refractivity contribution < 1.29 is 9.53 Å². The minimum Gasteiger partial charge on any atom is -0.377 e. The van der Waals surface area contributed by atoms with Gasteiger partial charge in [0.15, 0.2) is 0 Å². The van der Waals surface area contributed by atoms with Gasteiger partial charge in [-0.1, -0.05) is 18.2 Å². The predicted molar refractivity (Wildman–Crippen MR) is 113 cm³/mol. The molecule has 1 atom stereocenters. The highest BCUT2D eigenvalue weighted by Crippen LogP contribution is 2.31. The zero-order valence-corrected chi connectivity index (χ0v) is 16.9. The molecule has 0 bridgehead atoms. The molecule has 30 heavy (non-hydrogen) atoms. The van der Waals surface area contributed by atoms with E-state index in [-0.39, 0.29) is 18.0 Å². The summed E-state index contributed by atoms with van der Waals surface area (Å²) in [5.41, 5.74) is 1.41. The van der Waals surface area contributed by atoms with Crippen LogP contribution in [-0.2, 0) is 9.53 Å². The summed E-state index contributed by atoms with van der Waals surface area (Å²) in [7, 11) is 0. The van der Waals surface area contributed by atoms with E-state index in [0.717, 1.165) is 17.5 Å². The number of ether oxygens (including phenoxy) is 1. The summed E-state index contributed by atoms with van der Waals surface area (Å²) in [6, 6.07) is 0.333. The van der Waals surface area contributed by atoms with Crippen LogP contribution in [0.2, 0.25) is 5.02 Å². The Morgan fingerprint density at radius 1 is 1.40 bits per heavy atom. The molecule has 3 aromatic rings. The van der Waals surface area contributed by atoms with Crippen molar-refractivity contribution in [1.29, 1.82) is 0 Å². The highest BCUT2D eigenvalue weighted by molar-refractivity contribution is 6.36. The fourth-order valence-electron chi connectivity index (χ4n) is 3.66. The molecule has 0 aliphatic carbocycles. The number of halogens is 1. The van der Waals surface area contributed by atoms with Gasteiger partial charge in [-0.05, 0) is 12.5 Å². The summed E-state index contributed by atoms with van der Waals surface area (Å²) in [4.78, 5) is 25.9. The molecule has 10 nitrogen and oxygen atoms in total. The molecular weight excluding hydrogens is 408 g/mol. The fraction of sp³-hybridized carbons (Fsp3) is 0.368. The van der Waals surface area contributed by atoms with Crippen LogP contribution in [0.5, 0.6) is 0 Å². The van der Waals surface area contributed by atoms with E-state index in [9.17, 15) is 4.79 Å². The molecule has 3 aromatic heterocycles. The zero-order valence-electron chi connectivity index (χ0n) is 16.1. The molecule has 2 saturated heterocycles. The minimum atomic E-state index is -0.0666. The molecule has 5 heterocycles. The number of hydrogen-bond acceptors (Lipinski definition) is 7. The topological polar surface area (TPSA) is 113 Å². The Morgan fingerprint density at radius 2 is 2.27 bits per heavy atom. The summed E-state index contributed by atoms with van der Waals surface area (Å²) in [6.07, 6.45) is 7.48. The maximum atomic E-state index is 11.9. The summed E-state index contributed by atoms with van der Waals surface area (Å²) >= 11 is 6.36. The normalized spacial score (nSPS) is 19.1. The first kappa shape index (κ1) is 18.9. The number of aromatic amines is 1. The number of hydrogen-bond donors (Lipinski definition) is 3. The molecule has 2 fully saturated rings. The van der Waals surface area contributed by atoms with Crippen LogP contribution in [0.3, 0.4) is 0 Å². The first-order chi connectivity index (χ1) is 14.6. The summed E-state index contributed by atoms with van der Waals surface area (Å²) in [5, 5.41) is 12.3. The van der Waals surface area contributed by atoms with Gasteiger partial charge in [0.2, 0.25) is 11.9 Å². The lowest BCUT2D eigenvalue weighted by Crippen LogP contribution is -2.30. The lowest BCUT2D eigenvalue weighted by Gasteiger charge is -2.25. The Morgan fingerprint density at radius 3 is 3.03 bits per heavy atom. The Hall–Kier alpha value is -3.11. The van der Waals surface area contributed by atoms with Crippen molar-refractivity contribution >= 4 is 46.0 Å². The molecule has 0 spiro atoms. The number of carbonyl (C=O) groups is 1. The Labute approximate surface area is 177 Å². The smallest absolute Gasteiger partial charge is 0.246 e. The van der Waals surface area contributed by atoms with E-state index in [1.165, 1.54) is 6.08 Å². The van der Waals surface area contributed by atoms with Crippen molar-refractivity contribution in [2.75, 3.05) is 36.9 Å². The number of likely N-dealkylation sites (tertiary alicyclic amines) is 1. The van der Waals surface area contributed by atoms with Gasteiger partial charge in [0.25, 0.3) is 0 Å². The highest BCUT2D eigenvalue weighted by atomic mass is 35.5. The second-order valence-corrected chi connectivity index (χ2v) is 7.81. The van der Waals surface area contributed by atoms with E-state index in [1.54, 1.807) is 17.3 Å². The number of nitrogens with one attached hydrogen (secondary N) is 3. The number of amides is 1. The third kappa shape index (κ3) is 3.48. The number of nitrogens with zero attached hydrogens (tertiary/aromatic N) is 5. The second kappa shape index (κ2) is 7.62. The van der Waals surface area contributed by atoms with Crippen LogP contribution in [0, 0.1) is 0 Å². The third-order valence-electron chi connectivity index (χ3n) is 5.35. The molecule has 0 radical (unpaired) electrons. The minimum absolute atomic E-state index is 0.0622. The molecule has 0 saturated carbocycles. The van der Waals surface area contributed by atoms with E-state index in [4.69, 9.17) is 16.3 Å². The van der Waals surface area contributed by atoms with Crippen LogP contribution < -0.4 is 10.6 Å². The molecule has 156 valence electrons. The first-order valence-electron chi connectivity index (χ1n) is 9.72. The van der Waals surface area contributed by atoms with Crippen molar-refractivity contribution in [3.05, 3.63) is 36.3 Å². The van der Waals surface area contributed by atoms with Gasteiger partial charge in [0.1, 0.15) is 11.5 Å². The van der Waals surface area contributed by atoms with Gasteiger partial charge in [-0.25, -0.2) is 0 Å². The Bertz CT molecular complexity index is 1110. The lowest BCUT2D eigenvalue weighted by molar-refractivity contribution is -0.125. The zero-order chi connectivity index (χ0) is 20.7. The monoisotopic (exact) mass is 428 g/mol. The maximum Gasteiger partial charge on any atom is 0.246 e. The van der Waals surface area contributed by atoms with Crippen molar-refractivity contribution in [1.82, 2.24) is 29.6 Å². The molecule has 2 aliphatic rings. The predicted octanol–water partition coefficient (Wildman–Crippen LogP) is 2.32. The average molecular weight is 429 g/mol. The fourth-order valence-corrected chi connectivity index (χ4v) is 3.90. The van der Waals surface area contributed by atoms with Gasteiger partial charge >= 0.3 is 0 Å². The maximum absolute atomic E-state index is 11.9. The van der Waals surface area contributed by atoms with E-state index in [2.05, 4.69) is 37.3 Å². The number of anilines is 3. The molecular formula is C19H21ClN8O2. The highest BCUT2D eigenvalue weighted by Gasteiger charge is 2.26. The van der Waals surface area contributed by atoms with Crippen molar-refractivity contribution in [3.8, 4) is 0 Å². The molecule has 11 heteroatoms. The summed E-state index contributed by atoms with van der Waals surface area (Å²) < 4.78 is 7.09. The van der Waals surface area contributed by atoms with E-state index in [1.807, 2.05) is 10.9 Å². The first-order valence-corrected chi connectivity index (χ1v) is 10.1. The lowest BCUT2D eigenvalue weighted by atomic mass is 10.2. The third-order valence-corrected chi connectivity index (χ3v) is 5.65. The molecule has 1 amide bonds. The van der Waals surface area contributed by atoms with Gasteiger partial charge in [0, 0.05) is 31.5 Å². The number of rotatable bonds is 6. The molecule has 2 aliphatic heterocycles. The van der Waals surface area contributed by atoms with Crippen LogP contribution in [0.4, 0.5) is 17.5 Å². The SMILES string of the molecule is C=CC(=O)N1CCC(Nc2nc(Nc3cnn(C4COC4)c3)nc3[nH]cc(Cl)c23)C1. The van der Waals surface area contributed by atoms with Crippen LogP contribution in [0.15, 0.2) is 31.2 Å². The van der Waals surface area contributed by atoms with Gasteiger partial charge in [0.05, 0.1) is 41.5 Å². The molecule has 3 N–H and O–H groups in total. The van der Waals surface area contributed by atoms with Crippen LogP contribution in [-0.4, -0.2) is 67.9 Å². The van der Waals surface area contributed by atoms with Crippen LogP contribution in [0.25, 0.3) is 11.0 Å². The standard InChI is InChI=1S/C19H21ClN8O2/c1-2-15(29)27-4-3-11(7-27)23-18-16-14(20)6-21-17(16)25-19(26-18)24-12-5-22-28(8-12)13-9-30-10-13/h2,5-6,8,11,13H,1,3-4,7,9-10H2,(H3,21,23,24,25,26). The Balaban J connectivity index is 1.38. The number of carbonyl (C=O) groups excluding carboxylic acids is 1. The molecule has 0 aromatic carbocycles. The summed E-state index contributed by atoms with van der Waals surface area (Å²) in [5.74, 6) is 0.972. The number of fused-ring (bicyclic) bond motifs is 1. The van der Waals surface area contributed by atoms with Crippen molar-refractivity contribution in [2.24, 2.45) is 0 Å². The van der Waals surface area contributed by atoms with Crippen LogP contribution in [0.1, 0.15) is 12.5 Å². The van der Waals surface area contributed by atoms with Gasteiger partial charge in [-0.15, -0.1) is 0 Å². The number of H-pyrrole nitrogens is 1. The number of aromatic nitrogens is 5. The van der Waals surface area contributed by atoms with Crippen molar-refractivity contribution in [2.45, 2.75) is 18.5 Å². The Kier molecular flexibility index (Phi) is 4.80. The van der Waals surface area contributed by atoms with E-state index in [0.29, 0.717) is 48.7 Å². The van der Waals surface area contributed by atoms with E-state index < -0.39 is 0 Å². The quantitative estimate of drug-likeness (QED) is 0.516. The average Bonchev–Trinajstić information content (AvgIpc) is 3.41. The summed E-state index contributed by atoms with van der Waals surface area (Å²) in [6.45, 7) is 6.16. The molecule has 1 unspecified atom stereocenters. The van der Waals surface area contributed by atoms with Crippen LogP contribution >= 0.6 is 11.6 Å². The van der Waals surface area contributed by atoms with Crippen molar-refractivity contribution in [3.63, 3.8) is 0 Å². The van der Waals surface area contributed by atoms with Gasteiger partial charge in [-0.2, -0.15) is 15.1 Å². The van der Waals surface area contributed by atoms with Gasteiger partial charge < -0.3 is 25.3 Å². The van der Waals surface area contributed by atoms with E-state index >= 15 is 0 Å².